The molecule has 178 valence electrons. The van der Waals surface area contributed by atoms with Crippen LogP contribution in [0.4, 0.5) is 0 Å². The van der Waals surface area contributed by atoms with Gasteiger partial charge in [0.2, 0.25) is 17.7 Å². The predicted molar refractivity (Wildman–Crippen MR) is 118 cm³/mol. The molecule has 0 saturated heterocycles. The third-order valence-electron chi connectivity index (χ3n) is 5.17. The Morgan fingerprint density at radius 3 is 1.94 bits per heavy atom. The van der Waals surface area contributed by atoms with Crippen molar-refractivity contribution in [2.75, 3.05) is 0 Å². The molecule has 10 nitrogen and oxygen atoms in total. The van der Waals surface area contributed by atoms with E-state index in [1.807, 2.05) is 6.92 Å². The molecular weight excluding hydrogens is 416 g/mol. The summed E-state index contributed by atoms with van der Waals surface area (Å²) in [5, 5.41) is 26.5. The normalized spacial score (nSPS) is 16.6. The lowest BCUT2D eigenvalue weighted by Gasteiger charge is -2.28. The van der Waals surface area contributed by atoms with E-state index in [0.29, 0.717) is 6.42 Å². The van der Waals surface area contributed by atoms with Crippen LogP contribution in [0.25, 0.3) is 0 Å². The summed E-state index contributed by atoms with van der Waals surface area (Å²) in [4.78, 5) is 49.4. The number of amides is 3. The van der Waals surface area contributed by atoms with Crippen molar-refractivity contribution in [2.24, 2.45) is 11.7 Å². The molecule has 0 bridgehead atoms. The summed E-state index contributed by atoms with van der Waals surface area (Å²) in [7, 11) is 0. The van der Waals surface area contributed by atoms with Gasteiger partial charge in [-0.2, -0.15) is 0 Å². The zero-order valence-corrected chi connectivity index (χ0v) is 18.9. The first-order valence-electron chi connectivity index (χ1n) is 10.6. The van der Waals surface area contributed by atoms with Crippen molar-refractivity contribution in [1.82, 2.24) is 16.0 Å². The Bertz CT molecular complexity index is 784. The van der Waals surface area contributed by atoms with E-state index in [-0.39, 0.29) is 12.3 Å². The average molecular weight is 451 g/mol. The highest BCUT2D eigenvalue weighted by Crippen LogP contribution is 2.10. The van der Waals surface area contributed by atoms with Crippen LogP contribution in [0.5, 0.6) is 0 Å². The topological polar surface area (TPSA) is 171 Å². The fourth-order valence-electron chi connectivity index (χ4n) is 2.95. The third-order valence-corrected chi connectivity index (χ3v) is 5.17. The smallest absolute Gasteiger partial charge is 0.328 e. The second kappa shape index (κ2) is 12.8. The maximum atomic E-state index is 13.0. The van der Waals surface area contributed by atoms with Crippen LogP contribution in [-0.4, -0.2) is 64.2 Å². The Hall–Kier alpha value is -2.98. The molecule has 1 aromatic carbocycles. The van der Waals surface area contributed by atoms with Gasteiger partial charge in [-0.25, -0.2) is 4.79 Å². The average Bonchev–Trinajstić information content (AvgIpc) is 2.74. The number of carboxylic acids is 1. The summed E-state index contributed by atoms with van der Waals surface area (Å²) in [6.07, 6.45) is -0.683. The molecule has 0 saturated carbocycles. The summed E-state index contributed by atoms with van der Waals surface area (Å²) in [6.45, 7) is 6.38. The summed E-state index contributed by atoms with van der Waals surface area (Å²) in [6, 6.07) is 4.44. The van der Waals surface area contributed by atoms with Crippen molar-refractivity contribution in [3.8, 4) is 0 Å². The number of benzene rings is 1. The molecule has 0 spiro atoms. The molecular formula is C22H34N4O6. The summed E-state index contributed by atoms with van der Waals surface area (Å²) >= 11 is 0. The number of aliphatic hydroxyl groups excluding tert-OH is 1. The zero-order valence-electron chi connectivity index (χ0n) is 18.9. The van der Waals surface area contributed by atoms with E-state index in [4.69, 9.17) is 5.73 Å². The van der Waals surface area contributed by atoms with E-state index in [2.05, 4.69) is 16.0 Å². The molecule has 0 heterocycles. The highest BCUT2D eigenvalue weighted by molar-refractivity contribution is 5.94. The number of hydrogen-bond acceptors (Lipinski definition) is 6. The number of nitrogens with two attached hydrogens (primary N) is 1. The minimum Gasteiger partial charge on any atom is -0.480 e. The van der Waals surface area contributed by atoms with E-state index in [9.17, 15) is 29.4 Å². The number of aliphatic carboxylic acids is 1. The molecule has 32 heavy (non-hydrogen) atoms. The second-order valence-corrected chi connectivity index (χ2v) is 7.98. The van der Waals surface area contributed by atoms with Crippen molar-refractivity contribution in [1.29, 1.82) is 0 Å². The first kappa shape index (κ1) is 27.1. The van der Waals surface area contributed by atoms with E-state index < -0.39 is 54.0 Å². The van der Waals surface area contributed by atoms with Gasteiger partial charge in [0.05, 0.1) is 12.1 Å². The number of carbonyl (C=O) groups is 4. The highest BCUT2D eigenvalue weighted by Gasteiger charge is 2.33. The van der Waals surface area contributed by atoms with Crippen LogP contribution in [0.15, 0.2) is 30.3 Å². The van der Waals surface area contributed by atoms with Gasteiger partial charge in [-0.05, 0) is 25.3 Å². The maximum absolute atomic E-state index is 13.0. The first-order chi connectivity index (χ1) is 15.0. The molecule has 3 amide bonds. The standard InChI is InChI=1S/C22H34N4O6/c1-5-12(2)17(25-19(28)13(3)23)21(30)24-16(11-15-9-7-6-8-10-15)20(29)26-18(14(4)27)22(31)32/h6-10,12-14,16-18,27H,5,11,23H2,1-4H3,(H,24,30)(H,25,28)(H,26,29)(H,31,32). The zero-order chi connectivity index (χ0) is 24.4. The minimum atomic E-state index is -1.54. The fraction of sp³-hybridized carbons (Fsp3) is 0.545. The van der Waals surface area contributed by atoms with E-state index in [1.54, 1.807) is 37.3 Å². The Morgan fingerprint density at radius 2 is 1.47 bits per heavy atom. The van der Waals surface area contributed by atoms with Crippen molar-refractivity contribution in [3.05, 3.63) is 35.9 Å². The molecule has 1 rings (SSSR count). The van der Waals surface area contributed by atoms with Crippen LogP contribution in [0, 0.1) is 5.92 Å². The van der Waals surface area contributed by atoms with Crippen molar-refractivity contribution >= 4 is 23.7 Å². The van der Waals surface area contributed by atoms with Gasteiger partial charge < -0.3 is 31.9 Å². The number of rotatable bonds is 12. The SMILES string of the molecule is CCC(C)C(NC(=O)C(C)N)C(=O)NC(Cc1ccccc1)C(=O)NC(C(=O)O)C(C)O. The number of nitrogens with one attached hydrogen (secondary N) is 3. The molecule has 0 aliphatic rings. The van der Waals surface area contributed by atoms with Gasteiger partial charge in [-0.1, -0.05) is 50.6 Å². The van der Waals surface area contributed by atoms with Crippen molar-refractivity contribution in [2.45, 2.75) is 70.8 Å². The number of carbonyl (C=O) groups excluding carboxylic acids is 3. The number of hydrogen-bond donors (Lipinski definition) is 6. The van der Waals surface area contributed by atoms with Gasteiger partial charge in [0, 0.05) is 6.42 Å². The van der Waals surface area contributed by atoms with E-state index >= 15 is 0 Å². The molecule has 7 N–H and O–H groups in total. The predicted octanol–water partition coefficient (Wildman–Crippen LogP) is -0.458. The van der Waals surface area contributed by atoms with Crippen LogP contribution in [0.2, 0.25) is 0 Å². The fourth-order valence-corrected chi connectivity index (χ4v) is 2.95. The molecule has 0 radical (unpaired) electrons. The number of aliphatic hydroxyl groups is 1. The number of carboxylic acid groups (broad SMARTS) is 1. The molecule has 6 atom stereocenters. The largest absolute Gasteiger partial charge is 0.480 e. The molecule has 0 aliphatic heterocycles. The molecule has 6 unspecified atom stereocenters. The second-order valence-electron chi connectivity index (χ2n) is 7.98. The Labute approximate surface area is 187 Å². The van der Waals surface area contributed by atoms with Crippen molar-refractivity contribution < 1.29 is 29.4 Å². The Balaban J connectivity index is 3.13. The quantitative estimate of drug-likeness (QED) is 0.250. The van der Waals surface area contributed by atoms with Gasteiger partial charge in [0.25, 0.3) is 0 Å². The van der Waals surface area contributed by atoms with Crippen molar-refractivity contribution in [3.63, 3.8) is 0 Å². The third kappa shape index (κ3) is 8.27. The highest BCUT2D eigenvalue weighted by atomic mass is 16.4. The van der Waals surface area contributed by atoms with E-state index in [1.165, 1.54) is 13.8 Å². The van der Waals surface area contributed by atoms with Gasteiger partial charge in [0.1, 0.15) is 12.1 Å². The van der Waals surface area contributed by atoms with Crippen LogP contribution < -0.4 is 21.7 Å². The summed E-state index contributed by atoms with van der Waals surface area (Å²) < 4.78 is 0. The van der Waals surface area contributed by atoms with Crippen LogP contribution in [0.1, 0.15) is 39.7 Å². The minimum absolute atomic E-state index is 0.0824. The summed E-state index contributed by atoms with van der Waals surface area (Å²) in [5.74, 6) is -3.51. The monoisotopic (exact) mass is 450 g/mol. The van der Waals surface area contributed by atoms with Crippen LogP contribution >= 0.6 is 0 Å². The van der Waals surface area contributed by atoms with E-state index in [0.717, 1.165) is 5.56 Å². The molecule has 10 heteroatoms. The molecule has 1 aromatic rings. The molecule has 0 fully saturated rings. The van der Waals surface area contributed by atoms with Gasteiger partial charge in [-0.3, -0.25) is 14.4 Å². The van der Waals surface area contributed by atoms with Gasteiger partial charge in [0.15, 0.2) is 6.04 Å². The Kier molecular flexibility index (Phi) is 10.8. The maximum Gasteiger partial charge on any atom is 0.328 e. The lowest BCUT2D eigenvalue weighted by molar-refractivity contribution is -0.145. The first-order valence-corrected chi connectivity index (χ1v) is 10.6. The lowest BCUT2D eigenvalue weighted by Crippen LogP contribution is -2.59. The van der Waals surface area contributed by atoms with Gasteiger partial charge >= 0.3 is 5.97 Å². The van der Waals surface area contributed by atoms with Crippen LogP contribution in [-0.2, 0) is 25.6 Å². The molecule has 0 aliphatic carbocycles. The lowest BCUT2D eigenvalue weighted by atomic mass is 9.96. The Morgan fingerprint density at radius 1 is 0.906 bits per heavy atom. The van der Waals surface area contributed by atoms with Gasteiger partial charge in [-0.15, -0.1) is 0 Å². The molecule has 0 aromatic heterocycles. The van der Waals surface area contributed by atoms with Crippen LogP contribution in [0.3, 0.4) is 0 Å². The summed E-state index contributed by atoms with van der Waals surface area (Å²) in [5.41, 5.74) is 6.33.